The summed E-state index contributed by atoms with van der Waals surface area (Å²) in [5.74, 6) is -2.48. The van der Waals surface area contributed by atoms with E-state index in [0.717, 1.165) is 186 Å². The van der Waals surface area contributed by atoms with Crippen LogP contribution in [-0.2, 0) is 65.4 Å². The molecule has 5 unspecified atom stereocenters. The fourth-order valence-corrected chi connectivity index (χ4v) is 11.6. The van der Waals surface area contributed by atoms with Crippen molar-refractivity contribution in [3.8, 4) is 0 Å². The van der Waals surface area contributed by atoms with Gasteiger partial charge in [-0.25, -0.2) is 9.13 Å². The average molecular weight is 1600 g/mol. The van der Waals surface area contributed by atoms with Crippen molar-refractivity contribution in [3.05, 3.63) is 231 Å². The molecule has 0 aromatic carbocycles. The topological polar surface area (TPSA) is 237 Å². The van der Waals surface area contributed by atoms with Gasteiger partial charge in [0.05, 0.1) is 32.8 Å². The Bertz CT molecular complexity index is 3040. The van der Waals surface area contributed by atoms with Crippen LogP contribution in [0.5, 0.6) is 0 Å². The largest absolute Gasteiger partial charge is 0.472 e. The number of aliphatic hydroxyl groups excluding tert-OH is 1. The summed E-state index contributed by atoms with van der Waals surface area (Å²) in [5.41, 5.74) is 0. The molecule has 0 fully saturated rings. The van der Waals surface area contributed by atoms with Crippen LogP contribution in [-0.4, -0.2) is 96.7 Å². The summed E-state index contributed by atoms with van der Waals surface area (Å²) < 4.78 is 68.5. The lowest BCUT2D eigenvalue weighted by atomic mass is 10.1. The number of phosphoric ester groups is 2. The molecule has 5 atom stereocenters. The third kappa shape index (κ3) is 81.1. The highest BCUT2D eigenvalue weighted by Crippen LogP contribution is 2.45. The molecular weight excluding hydrogens is 1450 g/mol. The maximum absolute atomic E-state index is 13.1. The zero-order chi connectivity index (χ0) is 81.7. The maximum atomic E-state index is 13.1. The number of unbranched alkanes of at least 4 members (excludes halogenated alkanes) is 12. The molecule has 0 heterocycles. The van der Waals surface area contributed by atoms with Crippen LogP contribution in [0, 0.1) is 0 Å². The molecule has 0 amide bonds. The number of rotatable bonds is 75. The Morgan fingerprint density at radius 2 is 0.491 bits per heavy atom. The fraction of sp³-hybridized carbons (Fsp3) is 0.548. The smallest absolute Gasteiger partial charge is 0.462 e. The number of hydrogen-bond acceptors (Lipinski definition) is 15. The third-order valence-electron chi connectivity index (χ3n) is 16.2. The average Bonchev–Trinajstić information content (AvgIpc) is 0.898. The molecule has 0 saturated heterocycles. The van der Waals surface area contributed by atoms with Gasteiger partial charge in [0.25, 0.3) is 0 Å². The van der Waals surface area contributed by atoms with Crippen molar-refractivity contribution in [3.63, 3.8) is 0 Å². The van der Waals surface area contributed by atoms with Crippen molar-refractivity contribution in [2.24, 2.45) is 0 Å². The van der Waals surface area contributed by atoms with Crippen molar-refractivity contribution in [2.75, 3.05) is 39.6 Å². The first-order valence-electron chi connectivity index (χ1n) is 41.6. The number of carbonyl (C=O) groups is 4. The molecule has 0 aliphatic carbocycles. The molecule has 17 nitrogen and oxygen atoms in total. The van der Waals surface area contributed by atoms with Gasteiger partial charge in [-0.2, -0.15) is 0 Å². The highest BCUT2D eigenvalue weighted by molar-refractivity contribution is 7.47. The lowest BCUT2D eigenvalue weighted by molar-refractivity contribution is -0.161. The molecule has 0 aromatic rings. The van der Waals surface area contributed by atoms with Gasteiger partial charge >= 0.3 is 39.5 Å². The third-order valence-corrected chi connectivity index (χ3v) is 18.1. The minimum atomic E-state index is -5.03. The van der Waals surface area contributed by atoms with E-state index in [0.29, 0.717) is 32.1 Å². The van der Waals surface area contributed by atoms with Crippen LogP contribution in [0.1, 0.15) is 272 Å². The lowest BCUT2D eigenvalue weighted by Crippen LogP contribution is -2.30. The van der Waals surface area contributed by atoms with Crippen molar-refractivity contribution < 1.29 is 80.2 Å². The van der Waals surface area contributed by atoms with Gasteiger partial charge in [0.2, 0.25) is 0 Å². The molecule has 0 bridgehead atoms. The number of esters is 4. The summed E-state index contributed by atoms with van der Waals surface area (Å²) in [4.78, 5) is 73.1. The highest BCUT2D eigenvalue weighted by atomic mass is 31.2. The van der Waals surface area contributed by atoms with Crippen LogP contribution < -0.4 is 0 Å². The summed E-state index contributed by atoms with van der Waals surface area (Å²) >= 11 is 0. The van der Waals surface area contributed by atoms with E-state index in [1.54, 1.807) is 12.2 Å². The van der Waals surface area contributed by atoms with Gasteiger partial charge in [-0.05, 0) is 167 Å². The van der Waals surface area contributed by atoms with E-state index in [1.807, 2.05) is 30.4 Å². The van der Waals surface area contributed by atoms with Crippen LogP contribution in [0.3, 0.4) is 0 Å². The summed E-state index contributed by atoms with van der Waals surface area (Å²) in [6, 6.07) is 0. The second-order valence-corrected chi connectivity index (χ2v) is 29.5. The van der Waals surface area contributed by atoms with Gasteiger partial charge in [-0.1, -0.05) is 310 Å². The molecule has 0 radical (unpaired) electrons. The lowest BCUT2D eigenvalue weighted by Gasteiger charge is -2.21. The number of ether oxygens (including phenoxy) is 4. The van der Waals surface area contributed by atoms with Gasteiger partial charge in [0.15, 0.2) is 12.2 Å². The summed E-state index contributed by atoms with van der Waals surface area (Å²) in [6.45, 7) is 4.16. The molecule has 0 aromatic heterocycles. The first-order valence-corrected chi connectivity index (χ1v) is 44.6. The SMILES string of the molecule is CC/C=C\C/C=C\C/C=C\C/C=C\C/C=C\C/C=C\CCC(=O)OCC(COP(=O)(O)OCC(O)COP(=O)(O)OCC(COC(=O)CCCCCCCC/C=C\C/C=C\C/C=C\C/C=C\CC)OC(=O)C/C=C\C/C=C\C/C=C\C/C=C\C/C=C\CC)OC(=O)CCCCCCCC/C=C\C/C=C\C/C=C\C/C=C\CC. The summed E-state index contributed by atoms with van der Waals surface area (Å²) in [7, 11) is -10.1. The molecule has 0 rings (SSSR count). The number of phosphoric acid groups is 2. The van der Waals surface area contributed by atoms with E-state index in [-0.39, 0.29) is 25.7 Å². The maximum Gasteiger partial charge on any atom is 0.472 e. The molecule has 0 aliphatic heterocycles. The Kier molecular flexibility index (Phi) is 77.1. The highest BCUT2D eigenvalue weighted by Gasteiger charge is 2.30. The standard InChI is InChI=1S/C93H144O17P2/c1-5-9-13-17-21-25-29-33-37-40-43-46-50-53-57-61-65-69-73-77-90(95)103-83-88(109-92(97)79-75-71-67-63-59-55-49-36-32-28-24-20-16-12-8-4)85-107-111(99,100)105-81-87(94)82-106-112(101,102)108-86-89(110-93(98)80-76-72-68-64-60-56-52-48-45-42-39-35-31-27-23-19-15-11-7-3)84-104-91(96)78-74-70-66-62-58-54-51-47-44-41-38-34-30-26-22-18-14-10-6-2/h9-16,21-28,33-39,43-49,54,58-59,63,66,70-71,75,87-89,94H,5-8,17-20,29-32,40-42,50-53,55-57,60-62,64-65,67-69,72-74,76-86H2,1-4H3,(H,99,100)(H,101,102)/b13-9-,14-10-,15-11-,16-12-,25-21-,26-22-,27-23-,28-24-,37-33-,38-34-,39-35-,46-43-,47-44-,48-45-,49-36-,58-54-,63-59-,70-66-,75-71-. The Balaban J connectivity index is 5.56. The van der Waals surface area contributed by atoms with Crippen LogP contribution >= 0.6 is 15.6 Å². The molecule has 0 aliphatic rings. The summed E-state index contributed by atoms with van der Waals surface area (Å²) in [5, 5.41) is 10.7. The molecule has 112 heavy (non-hydrogen) atoms. The van der Waals surface area contributed by atoms with Crippen LogP contribution in [0.25, 0.3) is 0 Å². The quantitative estimate of drug-likeness (QED) is 0.0169. The van der Waals surface area contributed by atoms with E-state index in [9.17, 15) is 43.2 Å². The van der Waals surface area contributed by atoms with E-state index in [4.69, 9.17) is 37.0 Å². The van der Waals surface area contributed by atoms with E-state index >= 15 is 0 Å². The van der Waals surface area contributed by atoms with Gasteiger partial charge in [-0.3, -0.25) is 37.3 Å². The second-order valence-electron chi connectivity index (χ2n) is 26.6. The summed E-state index contributed by atoms with van der Waals surface area (Å²) in [6.07, 6.45) is 106. The monoisotopic (exact) mass is 1590 g/mol. The van der Waals surface area contributed by atoms with Crippen LogP contribution in [0.2, 0.25) is 0 Å². The first-order chi connectivity index (χ1) is 54.7. The predicted molar refractivity (Wildman–Crippen MR) is 463 cm³/mol. The van der Waals surface area contributed by atoms with Gasteiger partial charge in [0.1, 0.15) is 19.3 Å². The Morgan fingerprint density at radius 1 is 0.259 bits per heavy atom. The molecule has 3 N–H and O–H groups in total. The van der Waals surface area contributed by atoms with E-state index < -0.39 is 97.5 Å². The fourth-order valence-electron chi connectivity index (χ4n) is 10.0. The number of hydrogen-bond donors (Lipinski definition) is 3. The van der Waals surface area contributed by atoms with E-state index in [2.05, 4.69) is 216 Å². The van der Waals surface area contributed by atoms with Crippen molar-refractivity contribution in [1.29, 1.82) is 0 Å². The van der Waals surface area contributed by atoms with Gasteiger partial charge in [-0.15, -0.1) is 0 Å². The minimum Gasteiger partial charge on any atom is -0.462 e. The molecule has 0 saturated carbocycles. The molecule has 628 valence electrons. The minimum absolute atomic E-state index is 0.0203. The number of carbonyl (C=O) groups excluding carboxylic acids is 4. The Morgan fingerprint density at radius 3 is 0.804 bits per heavy atom. The first kappa shape index (κ1) is 105. The van der Waals surface area contributed by atoms with Gasteiger partial charge < -0.3 is 33.8 Å². The zero-order valence-corrected chi connectivity index (χ0v) is 70.5. The molecular formula is C93H144O17P2. The molecule has 19 heteroatoms. The van der Waals surface area contributed by atoms with Crippen molar-refractivity contribution in [1.82, 2.24) is 0 Å². The van der Waals surface area contributed by atoms with Crippen molar-refractivity contribution >= 4 is 39.5 Å². The normalized spacial score (nSPS) is 15.0. The Labute approximate surface area is 676 Å². The zero-order valence-electron chi connectivity index (χ0n) is 68.7. The van der Waals surface area contributed by atoms with Gasteiger partial charge in [0, 0.05) is 19.3 Å². The number of aliphatic hydroxyl groups is 1. The Hall–Kier alpha value is -6.88. The van der Waals surface area contributed by atoms with Crippen molar-refractivity contribution in [2.45, 2.75) is 290 Å². The van der Waals surface area contributed by atoms with Crippen LogP contribution in [0.15, 0.2) is 231 Å². The van der Waals surface area contributed by atoms with Crippen LogP contribution in [0.4, 0.5) is 0 Å². The predicted octanol–water partition coefficient (Wildman–Crippen LogP) is 25.0. The number of allylic oxidation sites excluding steroid dienone is 37. The van der Waals surface area contributed by atoms with E-state index in [1.165, 1.54) is 0 Å². The molecule has 0 spiro atoms. The second kappa shape index (κ2) is 82.1.